The first-order chi connectivity index (χ1) is 9.56. The zero-order chi connectivity index (χ0) is 14.5. The second-order valence-corrected chi connectivity index (χ2v) is 4.68. The second kappa shape index (κ2) is 6.14. The lowest BCUT2D eigenvalue weighted by atomic mass is 10.2. The van der Waals surface area contributed by atoms with Crippen molar-refractivity contribution in [3.8, 4) is 0 Å². The van der Waals surface area contributed by atoms with Gasteiger partial charge in [-0.1, -0.05) is 19.0 Å². The molecule has 0 aromatic carbocycles. The summed E-state index contributed by atoms with van der Waals surface area (Å²) in [6.45, 7) is 4.40. The molecule has 0 aliphatic carbocycles. The molecule has 7 heteroatoms. The molecule has 0 aliphatic rings. The smallest absolute Gasteiger partial charge is 0.252 e. The minimum atomic E-state index is -0.207. The molecule has 0 atom stereocenters. The van der Waals surface area contributed by atoms with Gasteiger partial charge in [-0.25, -0.2) is 4.98 Å². The highest BCUT2D eigenvalue weighted by Crippen LogP contribution is 2.09. The number of carbonyl (C=O) groups is 1. The first-order valence-corrected chi connectivity index (χ1v) is 6.38. The van der Waals surface area contributed by atoms with E-state index in [-0.39, 0.29) is 11.8 Å². The van der Waals surface area contributed by atoms with Crippen molar-refractivity contribution in [3.05, 3.63) is 35.6 Å². The maximum atomic E-state index is 11.8. The number of nitrogen functional groups attached to an aromatic ring is 1. The number of amides is 1. The monoisotopic (exact) mass is 275 g/mol. The van der Waals surface area contributed by atoms with E-state index in [0.29, 0.717) is 36.1 Å². The zero-order valence-electron chi connectivity index (χ0n) is 11.5. The van der Waals surface area contributed by atoms with E-state index in [1.807, 2.05) is 13.8 Å². The second-order valence-electron chi connectivity index (χ2n) is 4.68. The molecule has 0 saturated heterocycles. The molecule has 2 rings (SSSR count). The number of aromatic nitrogens is 3. The minimum Gasteiger partial charge on any atom is -0.384 e. The van der Waals surface area contributed by atoms with Crippen molar-refractivity contribution < 1.29 is 9.32 Å². The fraction of sp³-hybridized carbons (Fsp3) is 0.385. The Bertz CT molecular complexity index is 577. The summed E-state index contributed by atoms with van der Waals surface area (Å²) in [5.74, 6) is 1.59. The molecule has 3 N–H and O–H groups in total. The van der Waals surface area contributed by atoms with Crippen LogP contribution in [0, 0.1) is 0 Å². The summed E-state index contributed by atoms with van der Waals surface area (Å²) in [7, 11) is 0. The van der Waals surface area contributed by atoms with Crippen LogP contribution in [0.25, 0.3) is 0 Å². The summed E-state index contributed by atoms with van der Waals surface area (Å²) < 4.78 is 5.09. The Labute approximate surface area is 116 Å². The molecule has 20 heavy (non-hydrogen) atoms. The molecular formula is C13H17N5O2. The van der Waals surface area contributed by atoms with Gasteiger partial charge >= 0.3 is 0 Å². The van der Waals surface area contributed by atoms with E-state index in [2.05, 4.69) is 20.4 Å². The minimum absolute atomic E-state index is 0.207. The van der Waals surface area contributed by atoms with Crippen molar-refractivity contribution >= 4 is 11.7 Å². The first kappa shape index (κ1) is 14.0. The predicted molar refractivity (Wildman–Crippen MR) is 73.1 cm³/mol. The van der Waals surface area contributed by atoms with E-state index in [4.69, 9.17) is 10.3 Å². The van der Waals surface area contributed by atoms with Crippen LogP contribution in [-0.4, -0.2) is 27.6 Å². The van der Waals surface area contributed by atoms with E-state index < -0.39 is 0 Å². The van der Waals surface area contributed by atoms with Crippen LogP contribution in [0.3, 0.4) is 0 Å². The van der Waals surface area contributed by atoms with Gasteiger partial charge in [-0.15, -0.1) is 0 Å². The standard InChI is InChI=1S/C13H17N5O2/c1-8(2)12-17-11(20-18-12)5-6-15-13(19)9-3-4-10(14)16-7-9/h3-4,7-8H,5-6H2,1-2H3,(H2,14,16)(H,15,19). The molecule has 0 aliphatic heterocycles. The fourth-order valence-corrected chi connectivity index (χ4v) is 1.53. The summed E-state index contributed by atoms with van der Waals surface area (Å²) in [6, 6.07) is 3.21. The normalized spacial score (nSPS) is 10.8. The molecule has 2 aromatic rings. The van der Waals surface area contributed by atoms with Gasteiger partial charge < -0.3 is 15.6 Å². The average Bonchev–Trinajstić information content (AvgIpc) is 2.88. The lowest BCUT2D eigenvalue weighted by Crippen LogP contribution is -2.25. The van der Waals surface area contributed by atoms with Crippen molar-refractivity contribution in [3.63, 3.8) is 0 Å². The van der Waals surface area contributed by atoms with E-state index in [0.717, 1.165) is 0 Å². The van der Waals surface area contributed by atoms with Crippen LogP contribution < -0.4 is 11.1 Å². The van der Waals surface area contributed by atoms with Crippen molar-refractivity contribution in [2.24, 2.45) is 0 Å². The number of nitrogens with two attached hydrogens (primary N) is 1. The van der Waals surface area contributed by atoms with Crippen LogP contribution in [0.15, 0.2) is 22.9 Å². The molecule has 0 fully saturated rings. The van der Waals surface area contributed by atoms with Gasteiger partial charge in [-0.2, -0.15) is 4.98 Å². The third-order valence-corrected chi connectivity index (χ3v) is 2.67. The number of hydrogen-bond donors (Lipinski definition) is 2. The Kier molecular flexibility index (Phi) is 4.29. The quantitative estimate of drug-likeness (QED) is 0.847. The van der Waals surface area contributed by atoms with Crippen molar-refractivity contribution in [2.45, 2.75) is 26.2 Å². The summed E-state index contributed by atoms with van der Waals surface area (Å²) in [5.41, 5.74) is 5.92. The van der Waals surface area contributed by atoms with Gasteiger partial charge in [-0.3, -0.25) is 4.79 Å². The average molecular weight is 275 g/mol. The number of carbonyl (C=O) groups excluding carboxylic acids is 1. The van der Waals surface area contributed by atoms with E-state index in [9.17, 15) is 4.79 Å². The molecule has 0 radical (unpaired) electrons. The molecule has 106 valence electrons. The lowest BCUT2D eigenvalue weighted by molar-refractivity contribution is 0.0953. The van der Waals surface area contributed by atoms with Crippen LogP contribution in [0.1, 0.15) is 41.8 Å². The first-order valence-electron chi connectivity index (χ1n) is 6.38. The van der Waals surface area contributed by atoms with E-state index >= 15 is 0 Å². The number of nitrogens with zero attached hydrogens (tertiary/aromatic N) is 3. The Balaban J connectivity index is 1.83. The number of anilines is 1. The van der Waals surface area contributed by atoms with Crippen LogP contribution in [0.4, 0.5) is 5.82 Å². The highest BCUT2D eigenvalue weighted by atomic mass is 16.5. The molecule has 0 spiro atoms. The molecule has 2 aromatic heterocycles. The number of nitrogens with one attached hydrogen (secondary N) is 1. The van der Waals surface area contributed by atoms with Gasteiger partial charge in [0.25, 0.3) is 5.91 Å². The van der Waals surface area contributed by atoms with Gasteiger partial charge in [-0.05, 0) is 12.1 Å². The fourth-order valence-electron chi connectivity index (χ4n) is 1.53. The van der Waals surface area contributed by atoms with E-state index in [1.54, 1.807) is 12.1 Å². The maximum Gasteiger partial charge on any atom is 0.252 e. The van der Waals surface area contributed by atoms with E-state index in [1.165, 1.54) is 6.20 Å². The van der Waals surface area contributed by atoms with Crippen LogP contribution >= 0.6 is 0 Å². The molecule has 0 bridgehead atoms. The molecule has 7 nitrogen and oxygen atoms in total. The topological polar surface area (TPSA) is 107 Å². The predicted octanol–water partition coefficient (Wildman–Crippen LogP) is 1.14. The highest BCUT2D eigenvalue weighted by Gasteiger charge is 2.10. The van der Waals surface area contributed by atoms with Crippen molar-refractivity contribution in [2.75, 3.05) is 12.3 Å². The number of rotatable bonds is 5. The molecular weight excluding hydrogens is 258 g/mol. The zero-order valence-corrected chi connectivity index (χ0v) is 11.5. The summed E-state index contributed by atoms with van der Waals surface area (Å²) in [6.07, 6.45) is 1.93. The SMILES string of the molecule is CC(C)c1noc(CCNC(=O)c2ccc(N)nc2)n1. The molecule has 1 amide bonds. The summed E-state index contributed by atoms with van der Waals surface area (Å²) in [5, 5.41) is 6.62. The van der Waals surface area contributed by atoms with Gasteiger partial charge in [0.2, 0.25) is 5.89 Å². The van der Waals surface area contributed by atoms with Crippen molar-refractivity contribution in [1.29, 1.82) is 0 Å². The highest BCUT2D eigenvalue weighted by molar-refractivity contribution is 5.93. The maximum absolute atomic E-state index is 11.8. The van der Waals surface area contributed by atoms with Crippen molar-refractivity contribution in [1.82, 2.24) is 20.4 Å². The third-order valence-electron chi connectivity index (χ3n) is 2.67. The Morgan fingerprint density at radius 1 is 1.45 bits per heavy atom. The Morgan fingerprint density at radius 2 is 2.25 bits per heavy atom. The number of hydrogen-bond acceptors (Lipinski definition) is 6. The molecule has 0 saturated carbocycles. The molecule has 2 heterocycles. The largest absolute Gasteiger partial charge is 0.384 e. The van der Waals surface area contributed by atoms with Crippen LogP contribution in [-0.2, 0) is 6.42 Å². The summed E-state index contributed by atoms with van der Waals surface area (Å²) in [4.78, 5) is 19.9. The van der Waals surface area contributed by atoms with Gasteiger partial charge in [0, 0.05) is 25.1 Å². The third kappa shape index (κ3) is 3.53. The Hall–Kier alpha value is -2.44. The molecule has 0 unspecified atom stereocenters. The van der Waals surface area contributed by atoms with Gasteiger partial charge in [0.15, 0.2) is 5.82 Å². The number of pyridine rings is 1. The lowest BCUT2D eigenvalue weighted by Gasteiger charge is -2.03. The Morgan fingerprint density at radius 3 is 2.85 bits per heavy atom. The van der Waals surface area contributed by atoms with Crippen LogP contribution in [0.5, 0.6) is 0 Å². The van der Waals surface area contributed by atoms with Crippen LogP contribution in [0.2, 0.25) is 0 Å². The van der Waals surface area contributed by atoms with Gasteiger partial charge in [0.1, 0.15) is 5.82 Å². The van der Waals surface area contributed by atoms with Gasteiger partial charge in [0.05, 0.1) is 5.56 Å². The summed E-state index contributed by atoms with van der Waals surface area (Å²) >= 11 is 0.